The number of aliphatic imine (C=N–C) groups is 1. The Bertz CT molecular complexity index is 430. The molecule has 1 aliphatic rings. The van der Waals surface area contributed by atoms with Crippen LogP contribution < -0.4 is 5.73 Å². The number of nitrogens with zero attached hydrogens (tertiary/aromatic N) is 3. The third-order valence-corrected chi connectivity index (χ3v) is 3.67. The molecule has 1 aromatic heterocycles. The Kier molecular flexibility index (Phi) is 4.45. The van der Waals surface area contributed by atoms with Gasteiger partial charge in [0, 0.05) is 19.2 Å². The van der Waals surface area contributed by atoms with Gasteiger partial charge in [0.2, 0.25) is 0 Å². The maximum atomic E-state index is 6.02. The van der Waals surface area contributed by atoms with Crippen molar-refractivity contribution in [2.75, 3.05) is 13.1 Å². The molecule has 0 amide bonds. The van der Waals surface area contributed by atoms with Gasteiger partial charge >= 0.3 is 0 Å². The van der Waals surface area contributed by atoms with Crippen molar-refractivity contribution >= 4 is 5.96 Å². The molecule has 0 spiro atoms. The molecular weight excluding hydrogens is 240 g/mol. The number of nitrogens with two attached hydrogens (primary N) is 1. The lowest BCUT2D eigenvalue weighted by atomic mass is 10.00. The molecule has 19 heavy (non-hydrogen) atoms. The summed E-state index contributed by atoms with van der Waals surface area (Å²) in [6.45, 7) is 8.95. The van der Waals surface area contributed by atoms with E-state index in [0.717, 1.165) is 30.5 Å². The van der Waals surface area contributed by atoms with Crippen LogP contribution in [0.2, 0.25) is 0 Å². The summed E-state index contributed by atoms with van der Waals surface area (Å²) in [7, 11) is 0. The van der Waals surface area contributed by atoms with E-state index in [1.54, 1.807) is 0 Å². The number of guanidine groups is 1. The fourth-order valence-electron chi connectivity index (χ4n) is 2.17. The standard InChI is InChI=1S/C14H24N4O/c1-10(2)13-8-12(19-17-13)9-16-14(15)18-6-4-11(3)5-7-18/h8,10-11H,4-7,9H2,1-3H3,(H2,15,16). The van der Waals surface area contributed by atoms with Crippen LogP contribution >= 0.6 is 0 Å². The van der Waals surface area contributed by atoms with Crippen LogP contribution in [0.15, 0.2) is 15.6 Å². The fraction of sp³-hybridized carbons (Fsp3) is 0.714. The molecule has 1 aromatic rings. The van der Waals surface area contributed by atoms with Crippen molar-refractivity contribution in [2.45, 2.75) is 46.1 Å². The van der Waals surface area contributed by atoms with Crippen molar-refractivity contribution in [3.63, 3.8) is 0 Å². The van der Waals surface area contributed by atoms with Gasteiger partial charge in [0.05, 0.1) is 5.69 Å². The van der Waals surface area contributed by atoms with E-state index in [1.807, 2.05) is 6.07 Å². The van der Waals surface area contributed by atoms with Crippen molar-refractivity contribution in [3.05, 3.63) is 17.5 Å². The Hall–Kier alpha value is -1.52. The maximum Gasteiger partial charge on any atom is 0.191 e. The highest BCUT2D eigenvalue weighted by Crippen LogP contribution is 2.16. The minimum Gasteiger partial charge on any atom is -0.370 e. The van der Waals surface area contributed by atoms with E-state index < -0.39 is 0 Å². The van der Waals surface area contributed by atoms with E-state index in [4.69, 9.17) is 10.3 Å². The topological polar surface area (TPSA) is 67.7 Å². The number of aromatic nitrogens is 1. The fourth-order valence-corrected chi connectivity index (χ4v) is 2.17. The number of piperidine rings is 1. The van der Waals surface area contributed by atoms with Crippen LogP contribution in [-0.2, 0) is 6.54 Å². The number of hydrogen-bond donors (Lipinski definition) is 1. The van der Waals surface area contributed by atoms with Crippen LogP contribution in [0.5, 0.6) is 0 Å². The predicted octanol–water partition coefficient (Wildman–Crippen LogP) is 2.34. The molecule has 0 aromatic carbocycles. The van der Waals surface area contributed by atoms with Gasteiger partial charge in [0.25, 0.3) is 0 Å². The summed E-state index contributed by atoms with van der Waals surface area (Å²) in [5, 5.41) is 4.02. The van der Waals surface area contributed by atoms with Crippen LogP contribution in [0.1, 0.15) is 51.0 Å². The van der Waals surface area contributed by atoms with Crippen LogP contribution in [-0.4, -0.2) is 29.1 Å². The van der Waals surface area contributed by atoms with Gasteiger partial charge in [-0.05, 0) is 24.7 Å². The highest BCUT2D eigenvalue weighted by molar-refractivity contribution is 5.78. The number of likely N-dealkylation sites (tertiary alicyclic amines) is 1. The molecule has 1 aliphatic heterocycles. The van der Waals surface area contributed by atoms with Crippen molar-refractivity contribution < 1.29 is 4.52 Å². The summed E-state index contributed by atoms with van der Waals surface area (Å²) in [5.74, 6) is 2.57. The van der Waals surface area contributed by atoms with Crippen molar-refractivity contribution in [1.29, 1.82) is 0 Å². The molecule has 0 atom stereocenters. The molecule has 5 heteroatoms. The smallest absolute Gasteiger partial charge is 0.191 e. The highest BCUT2D eigenvalue weighted by Gasteiger charge is 2.17. The van der Waals surface area contributed by atoms with E-state index >= 15 is 0 Å². The normalized spacial score (nSPS) is 18.3. The number of hydrogen-bond acceptors (Lipinski definition) is 3. The summed E-state index contributed by atoms with van der Waals surface area (Å²) in [6.07, 6.45) is 2.38. The first kappa shape index (κ1) is 13.9. The van der Waals surface area contributed by atoms with Crippen LogP contribution in [0.25, 0.3) is 0 Å². The zero-order valence-electron chi connectivity index (χ0n) is 12.1. The molecule has 2 N–H and O–H groups in total. The monoisotopic (exact) mass is 264 g/mol. The van der Waals surface area contributed by atoms with E-state index in [-0.39, 0.29) is 0 Å². The second kappa shape index (κ2) is 6.08. The van der Waals surface area contributed by atoms with Gasteiger partial charge in [-0.15, -0.1) is 0 Å². The summed E-state index contributed by atoms with van der Waals surface area (Å²) in [6, 6.07) is 1.96. The molecule has 0 aliphatic carbocycles. The van der Waals surface area contributed by atoms with Crippen molar-refractivity contribution in [3.8, 4) is 0 Å². The Morgan fingerprint density at radius 3 is 2.79 bits per heavy atom. The minimum absolute atomic E-state index is 0.377. The lowest BCUT2D eigenvalue weighted by Crippen LogP contribution is -2.42. The molecule has 2 heterocycles. The summed E-state index contributed by atoms with van der Waals surface area (Å²) >= 11 is 0. The molecule has 106 valence electrons. The first-order valence-corrected chi connectivity index (χ1v) is 7.06. The SMILES string of the molecule is CC1CCN(C(N)=NCc2cc(C(C)C)no2)CC1. The quantitative estimate of drug-likeness (QED) is 0.672. The molecule has 1 fully saturated rings. The first-order chi connectivity index (χ1) is 9.06. The Morgan fingerprint density at radius 1 is 1.53 bits per heavy atom. The zero-order valence-corrected chi connectivity index (χ0v) is 12.1. The van der Waals surface area contributed by atoms with Crippen LogP contribution in [0, 0.1) is 5.92 Å². The van der Waals surface area contributed by atoms with Crippen molar-refractivity contribution in [2.24, 2.45) is 16.6 Å². The predicted molar refractivity (Wildman–Crippen MR) is 75.9 cm³/mol. The van der Waals surface area contributed by atoms with Gasteiger partial charge in [-0.25, -0.2) is 4.99 Å². The van der Waals surface area contributed by atoms with Crippen LogP contribution in [0.3, 0.4) is 0 Å². The minimum atomic E-state index is 0.377. The van der Waals surface area contributed by atoms with Crippen molar-refractivity contribution in [1.82, 2.24) is 10.1 Å². The summed E-state index contributed by atoms with van der Waals surface area (Å²) < 4.78 is 5.25. The average molecular weight is 264 g/mol. The van der Waals surface area contributed by atoms with E-state index in [2.05, 4.69) is 35.8 Å². The molecular formula is C14H24N4O. The third-order valence-electron chi connectivity index (χ3n) is 3.67. The molecule has 0 saturated carbocycles. The molecule has 0 bridgehead atoms. The third kappa shape index (κ3) is 3.72. The molecule has 2 rings (SSSR count). The average Bonchev–Trinajstić information content (AvgIpc) is 2.86. The van der Waals surface area contributed by atoms with Gasteiger partial charge in [-0.1, -0.05) is 25.9 Å². The summed E-state index contributed by atoms with van der Waals surface area (Å²) in [5.41, 5.74) is 6.99. The Balaban J connectivity index is 1.90. The lowest BCUT2D eigenvalue weighted by molar-refractivity contribution is 0.277. The van der Waals surface area contributed by atoms with Crippen LogP contribution in [0.4, 0.5) is 0 Å². The molecule has 0 unspecified atom stereocenters. The lowest BCUT2D eigenvalue weighted by Gasteiger charge is -2.30. The number of rotatable bonds is 3. The van der Waals surface area contributed by atoms with E-state index in [1.165, 1.54) is 12.8 Å². The largest absolute Gasteiger partial charge is 0.370 e. The first-order valence-electron chi connectivity index (χ1n) is 7.06. The van der Waals surface area contributed by atoms with Gasteiger partial charge < -0.3 is 15.2 Å². The second-order valence-corrected chi connectivity index (χ2v) is 5.72. The van der Waals surface area contributed by atoms with E-state index in [9.17, 15) is 0 Å². The maximum absolute atomic E-state index is 6.02. The second-order valence-electron chi connectivity index (χ2n) is 5.72. The molecule has 0 radical (unpaired) electrons. The Morgan fingerprint density at radius 2 is 2.21 bits per heavy atom. The zero-order chi connectivity index (χ0) is 13.8. The highest BCUT2D eigenvalue weighted by atomic mass is 16.5. The van der Waals surface area contributed by atoms with E-state index in [0.29, 0.717) is 18.4 Å². The van der Waals surface area contributed by atoms with Gasteiger partial charge in [-0.2, -0.15) is 0 Å². The van der Waals surface area contributed by atoms with Gasteiger partial charge in [0.15, 0.2) is 11.7 Å². The summed E-state index contributed by atoms with van der Waals surface area (Å²) in [4.78, 5) is 6.55. The van der Waals surface area contributed by atoms with Gasteiger partial charge in [0.1, 0.15) is 6.54 Å². The van der Waals surface area contributed by atoms with Gasteiger partial charge in [-0.3, -0.25) is 0 Å². The molecule has 5 nitrogen and oxygen atoms in total. The Labute approximate surface area is 114 Å². The molecule has 1 saturated heterocycles.